The van der Waals surface area contributed by atoms with Crippen molar-refractivity contribution in [3.8, 4) is 0 Å². The molecule has 0 saturated carbocycles. The zero-order valence-electron chi connectivity index (χ0n) is 8.67. The molecule has 3 N–H and O–H groups in total. The van der Waals surface area contributed by atoms with Gasteiger partial charge in [0.25, 0.3) is 0 Å². The van der Waals surface area contributed by atoms with Crippen molar-refractivity contribution in [1.82, 2.24) is 19.5 Å². The van der Waals surface area contributed by atoms with Crippen LogP contribution in [-0.2, 0) is 6.54 Å². The summed E-state index contributed by atoms with van der Waals surface area (Å²) in [5.41, 5.74) is 2.58. The van der Waals surface area contributed by atoms with E-state index in [1.807, 2.05) is 0 Å². The van der Waals surface area contributed by atoms with Gasteiger partial charge in [0.1, 0.15) is 0 Å². The zero-order valence-corrected chi connectivity index (χ0v) is 9.42. The molecular formula is C9H9ClN6O. The third kappa shape index (κ3) is 2.77. The fraction of sp³-hybridized carbons (Fsp3) is 0.111. The monoisotopic (exact) mass is 252 g/mol. The molecule has 88 valence electrons. The van der Waals surface area contributed by atoms with Gasteiger partial charge in [-0.2, -0.15) is 0 Å². The van der Waals surface area contributed by atoms with Gasteiger partial charge in [0.15, 0.2) is 5.82 Å². The second-order valence-corrected chi connectivity index (χ2v) is 3.66. The van der Waals surface area contributed by atoms with Crippen molar-refractivity contribution < 1.29 is 0 Å². The Kier molecular flexibility index (Phi) is 3.31. The molecule has 0 saturated heterocycles. The number of hydrazine groups is 1. The van der Waals surface area contributed by atoms with E-state index in [1.165, 1.54) is 29.4 Å². The van der Waals surface area contributed by atoms with E-state index in [0.29, 0.717) is 16.5 Å². The lowest BCUT2D eigenvalue weighted by molar-refractivity contribution is 0.707. The van der Waals surface area contributed by atoms with Gasteiger partial charge in [-0.15, -0.1) is 0 Å². The normalized spacial score (nSPS) is 10.2. The topological polar surface area (TPSA) is 98.7 Å². The Morgan fingerprint density at radius 2 is 2.12 bits per heavy atom. The second kappa shape index (κ2) is 4.89. The lowest BCUT2D eigenvalue weighted by Gasteiger charge is -2.04. The molecule has 0 atom stereocenters. The predicted octanol–water partition coefficient (Wildman–Crippen LogP) is 0.0206. The number of hydrogen-bond donors (Lipinski definition) is 2. The first-order valence-corrected chi connectivity index (χ1v) is 5.06. The van der Waals surface area contributed by atoms with E-state index < -0.39 is 5.69 Å². The highest BCUT2D eigenvalue weighted by Crippen LogP contribution is 2.04. The maximum atomic E-state index is 11.4. The van der Waals surface area contributed by atoms with Gasteiger partial charge in [0.2, 0.25) is 0 Å². The number of rotatable bonds is 3. The number of hydrogen-bond acceptors (Lipinski definition) is 6. The van der Waals surface area contributed by atoms with Crippen LogP contribution in [0.1, 0.15) is 5.69 Å². The summed E-state index contributed by atoms with van der Waals surface area (Å²) < 4.78 is 1.35. The van der Waals surface area contributed by atoms with Crippen LogP contribution in [-0.4, -0.2) is 19.5 Å². The molecule has 0 aliphatic carbocycles. The molecule has 0 amide bonds. The summed E-state index contributed by atoms with van der Waals surface area (Å²) in [5, 5.41) is 0.387. The first-order valence-electron chi connectivity index (χ1n) is 4.68. The Balaban J connectivity index is 2.25. The molecule has 2 heterocycles. The van der Waals surface area contributed by atoms with Crippen LogP contribution in [0.5, 0.6) is 0 Å². The van der Waals surface area contributed by atoms with Gasteiger partial charge < -0.3 is 5.43 Å². The van der Waals surface area contributed by atoms with Crippen LogP contribution in [0.25, 0.3) is 0 Å². The van der Waals surface area contributed by atoms with E-state index in [-0.39, 0.29) is 6.54 Å². The van der Waals surface area contributed by atoms with E-state index in [2.05, 4.69) is 20.4 Å². The molecule has 8 heteroatoms. The molecule has 0 bridgehead atoms. The molecule has 0 aliphatic rings. The van der Waals surface area contributed by atoms with Gasteiger partial charge in [0.05, 0.1) is 35.9 Å². The van der Waals surface area contributed by atoms with Crippen LogP contribution in [0.3, 0.4) is 0 Å². The SMILES string of the molecule is NNc1cnc(Cn2cc(Cl)cnc2=O)cn1. The maximum Gasteiger partial charge on any atom is 0.347 e. The summed E-state index contributed by atoms with van der Waals surface area (Å²) in [6.07, 6.45) is 5.78. The molecule has 0 aromatic carbocycles. The van der Waals surface area contributed by atoms with Crippen molar-refractivity contribution in [3.63, 3.8) is 0 Å². The number of aromatic nitrogens is 4. The zero-order chi connectivity index (χ0) is 12.3. The Morgan fingerprint density at radius 1 is 1.29 bits per heavy atom. The Labute approximate surface area is 101 Å². The molecule has 7 nitrogen and oxygen atoms in total. The second-order valence-electron chi connectivity index (χ2n) is 3.22. The third-order valence-electron chi connectivity index (χ3n) is 2.01. The predicted molar refractivity (Wildman–Crippen MR) is 62.5 cm³/mol. The minimum absolute atomic E-state index is 0.254. The minimum Gasteiger partial charge on any atom is -0.307 e. The van der Waals surface area contributed by atoms with E-state index >= 15 is 0 Å². The molecule has 0 aliphatic heterocycles. The first-order chi connectivity index (χ1) is 8.19. The van der Waals surface area contributed by atoms with Crippen molar-refractivity contribution in [2.45, 2.75) is 6.54 Å². The van der Waals surface area contributed by atoms with E-state index in [9.17, 15) is 4.79 Å². The van der Waals surface area contributed by atoms with Crippen LogP contribution in [0, 0.1) is 0 Å². The highest BCUT2D eigenvalue weighted by molar-refractivity contribution is 6.30. The Bertz CT molecular complexity index is 566. The van der Waals surface area contributed by atoms with Crippen LogP contribution in [0.15, 0.2) is 29.6 Å². The molecular weight excluding hydrogens is 244 g/mol. The number of nitrogens with zero attached hydrogens (tertiary/aromatic N) is 4. The summed E-state index contributed by atoms with van der Waals surface area (Å²) in [4.78, 5) is 23.1. The van der Waals surface area contributed by atoms with Gasteiger partial charge in [-0.3, -0.25) is 9.55 Å². The largest absolute Gasteiger partial charge is 0.347 e. The van der Waals surface area contributed by atoms with Crippen molar-refractivity contribution in [2.24, 2.45) is 5.84 Å². The molecule has 2 aromatic rings. The van der Waals surface area contributed by atoms with Crippen LogP contribution in [0.2, 0.25) is 5.02 Å². The average Bonchev–Trinajstić information content (AvgIpc) is 2.35. The maximum absolute atomic E-state index is 11.4. The van der Waals surface area contributed by atoms with Gasteiger partial charge in [-0.05, 0) is 0 Å². The molecule has 0 unspecified atom stereocenters. The lowest BCUT2D eigenvalue weighted by atomic mass is 10.4. The number of nitrogen functional groups attached to an aromatic ring is 1. The summed E-state index contributed by atoms with van der Waals surface area (Å²) in [6, 6.07) is 0. The standard InChI is InChI=1S/C9H9ClN6O/c10-6-1-14-9(17)16(4-6)5-7-2-13-8(15-11)3-12-7/h1-4H,5,11H2,(H,13,15). The van der Waals surface area contributed by atoms with Crippen molar-refractivity contribution >= 4 is 17.4 Å². The summed E-state index contributed by atoms with van der Waals surface area (Å²) >= 11 is 5.75. The third-order valence-corrected chi connectivity index (χ3v) is 2.20. The highest BCUT2D eigenvalue weighted by Gasteiger charge is 2.02. The average molecular weight is 253 g/mol. The molecule has 17 heavy (non-hydrogen) atoms. The fourth-order valence-corrected chi connectivity index (χ4v) is 1.39. The number of nitrogens with two attached hydrogens (primary N) is 1. The quantitative estimate of drug-likeness (QED) is 0.590. The van der Waals surface area contributed by atoms with Crippen molar-refractivity contribution in [2.75, 3.05) is 5.43 Å². The van der Waals surface area contributed by atoms with Gasteiger partial charge >= 0.3 is 5.69 Å². The van der Waals surface area contributed by atoms with Gasteiger partial charge in [-0.25, -0.2) is 20.6 Å². The van der Waals surface area contributed by atoms with E-state index in [0.717, 1.165) is 0 Å². The molecule has 2 aromatic heterocycles. The summed E-state index contributed by atoms with van der Waals surface area (Å²) in [6.45, 7) is 0.254. The molecule has 2 rings (SSSR count). The van der Waals surface area contributed by atoms with Crippen LogP contribution < -0.4 is 17.0 Å². The van der Waals surface area contributed by atoms with Crippen molar-refractivity contribution in [1.29, 1.82) is 0 Å². The van der Waals surface area contributed by atoms with E-state index in [4.69, 9.17) is 17.4 Å². The van der Waals surface area contributed by atoms with Gasteiger partial charge in [0, 0.05) is 6.20 Å². The van der Waals surface area contributed by atoms with E-state index in [1.54, 1.807) is 0 Å². The summed E-state index contributed by atoms with van der Waals surface area (Å²) in [5.74, 6) is 5.61. The smallest absolute Gasteiger partial charge is 0.307 e. The van der Waals surface area contributed by atoms with Crippen LogP contribution in [0.4, 0.5) is 5.82 Å². The Morgan fingerprint density at radius 3 is 2.76 bits per heavy atom. The number of nitrogens with one attached hydrogen (secondary N) is 1. The molecule has 0 spiro atoms. The highest BCUT2D eigenvalue weighted by atomic mass is 35.5. The van der Waals surface area contributed by atoms with Crippen molar-refractivity contribution in [3.05, 3.63) is 46.0 Å². The number of halogens is 1. The van der Waals surface area contributed by atoms with Crippen LogP contribution >= 0.6 is 11.6 Å². The minimum atomic E-state index is -0.391. The Hall–Kier alpha value is -1.99. The van der Waals surface area contributed by atoms with Gasteiger partial charge in [-0.1, -0.05) is 11.6 Å². The fourth-order valence-electron chi connectivity index (χ4n) is 1.23. The number of anilines is 1. The lowest BCUT2D eigenvalue weighted by Crippen LogP contribution is -2.23. The molecule has 0 fully saturated rings. The summed E-state index contributed by atoms with van der Waals surface area (Å²) in [7, 11) is 0. The first kappa shape index (κ1) is 11.5. The molecule has 0 radical (unpaired) electrons.